The summed E-state index contributed by atoms with van der Waals surface area (Å²) in [7, 11) is 0. The van der Waals surface area contributed by atoms with Crippen molar-refractivity contribution in [3.63, 3.8) is 0 Å². The first-order valence-electron chi connectivity index (χ1n) is 10.9. The lowest BCUT2D eigenvalue weighted by Gasteiger charge is -2.26. The van der Waals surface area contributed by atoms with Crippen LogP contribution in [0.15, 0.2) is 68.0 Å². The molecule has 0 saturated heterocycles. The van der Waals surface area contributed by atoms with Gasteiger partial charge in [0, 0.05) is 15.1 Å². The summed E-state index contributed by atoms with van der Waals surface area (Å²) < 4.78 is 54.7. The number of aromatic nitrogens is 1. The van der Waals surface area contributed by atoms with Gasteiger partial charge in [-0.15, -0.1) is 0 Å². The molecule has 0 radical (unpaired) electrons. The van der Waals surface area contributed by atoms with Crippen LogP contribution in [0.25, 0.3) is 6.08 Å². The highest BCUT2D eigenvalue weighted by Crippen LogP contribution is 2.38. The number of carbonyl (C=O) groups is 1. The van der Waals surface area contributed by atoms with Crippen LogP contribution in [0, 0.1) is 11.3 Å². The number of allylic oxidation sites excluding steroid dienone is 1. The third kappa shape index (κ3) is 5.55. The molecular formula is C25H16BrClF3N3O4S. The van der Waals surface area contributed by atoms with Crippen molar-refractivity contribution in [2.75, 3.05) is 13.2 Å². The molecular weight excluding hydrogens is 611 g/mol. The van der Waals surface area contributed by atoms with Crippen molar-refractivity contribution in [3.05, 3.63) is 94.0 Å². The molecule has 0 fully saturated rings. The minimum absolute atomic E-state index is 0.0363. The maximum absolute atomic E-state index is 14.2. The molecule has 1 aromatic heterocycles. The summed E-state index contributed by atoms with van der Waals surface area (Å²) in [6.45, 7) is 1.03. The predicted octanol–water partition coefficient (Wildman–Crippen LogP) is 4.66. The summed E-state index contributed by atoms with van der Waals surface area (Å²) in [5.41, 5.74) is -2.31. The smallest absolute Gasteiger partial charge is 0.434 e. The molecule has 2 heterocycles. The Labute approximate surface area is 230 Å². The second kappa shape index (κ2) is 11.1. The quantitative estimate of drug-likeness (QED) is 0.371. The maximum atomic E-state index is 14.2. The summed E-state index contributed by atoms with van der Waals surface area (Å²) in [6.07, 6.45) is -3.58. The van der Waals surface area contributed by atoms with Gasteiger partial charge in [0.2, 0.25) is 0 Å². The van der Waals surface area contributed by atoms with E-state index in [0.717, 1.165) is 15.9 Å². The van der Waals surface area contributed by atoms with Gasteiger partial charge in [0.25, 0.3) is 5.56 Å². The summed E-state index contributed by atoms with van der Waals surface area (Å²) in [6, 6.07) is 11.0. The van der Waals surface area contributed by atoms with Crippen molar-refractivity contribution < 1.29 is 27.4 Å². The van der Waals surface area contributed by atoms with Crippen molar-refractivity contribution in [1.29, 1.82) is 5.26 Å². The fraction of sp³-hybridized carbons (Fsp3) is 0.200. The van der Waals surface area contributed by atoms with Crippen LogP contribution >= 0.6 is 38.9 Å². The van der Waals surface area contributed by atoms with E-state index < -0.39 is 35.0 Å². The zero-order chi connectivity index (χ0) is 27.6. The Kier molecular flexibility index (Phi) is 8.10. The standard InChI is InChI=1S/C25H16BrClF3N3O4S/c1-2-36-23(35)19-20(13-3-6-16(27)7-4-13)33-22(34)18(38-24(33)32-21(19)25(28,29)30)12-14-11-15(26)5-8-17(14)37-10-9-31/h3-8,11-12,20H,2,10H2,1H3/b18-12-/t20-/m0/s1. The average molecular weight is 627 g/mol. The molecule has 2 aromatic carbocycles. The summed E-state index contributed by atoms with van der Waals surface area (Å²) in [5.74, 6) is -0.949. The molecule has 0 N–H and O–H groups in total. The van der Waals surface area contributed by atoms with Crippen LogP contribution in [-0.2, 0) is 9.53 Å². The Morgan fingerprint density at radius 3 is 2.63 bits per heavy atom. The van der Waals surface area contributed by atoms with Crippen LogP contribution < -0.4 is 19.6 Å². The number of alkyl halides is 3. The van der Waals surface area contributed by atoms with Gasteiger partial charge in [0.15, 0.2) is 17.1 Å². The number of thiazole rings is 1. The Hall–Kier alpha value is -3.40. The van der Waals surface area contributed by atoms with Crippen molar-refractivity contribution in [3.8, 4) is 11.8 Å². The Morgan fingerprint density at radius 1 is 1.29 bits per heavy atom. The van der Waals surface area contributed by atoms with E-state index in [0.29, 0.717) is 15.1 Å². The molecule has 0 aliphatic carbocycles. The highest BCUT2D eigenvalue weighted by Gasteiger charge is 2.45. The van der Waals surface area contributed by atoms with Gasteiger partial charge in [-0.3, -0.25) is 9.36 Å². The zero-order valence-corrected chi connectivity index (χ0v) is 22.5. The SMILES string of the molecule is CCOC(=O)C1=C(C(F)(F)F)N=c2s/c(=C\c3cc(Br)ccc3OCC#N)c(=O)n2[C@H]1c1ccc(Cl)cc1. The predicted molar refractivity (Wildman–Crippen MR) is 137 cm³/mol. The van der Waals surface area contributed by atoms with E-state index in [-0.39, 0.29) is 33.9 Å². The summed E-state index contributed by atoms with van der Waals surface area (Å²) >= 11 is 10.0. The van der Waals surface area contributed by atoms with E-state index in [4.69, 9.17) is 26.3 Å². The van der Waals surface area contributed by atoms with E-state index in [1.54, 1.807) is 18.2 Å². The van der Waals surface area contributed by atoms with Gasteiger partial charge < -0.3 is 9.47 Å². The number of benzene rings is 2. The number of nitrogens with zero attached hydrogens (tertiary/aromatic N) is 3. The van der Waals surface area contributed by atoms with Gasteiger partial charge >= 0.3 is 12.1 Å². The van der Waals surface area contributed by atoms with E-state index in [9.17, 15) is 22.8 Å². The highest BCUT2D eigenvalue weighted by molar-refractivity contribution is 9.10. The molecule has 13 heteroatoms. The lowest BCUT2D eigenvalue weighted by atomic mass is 9.95. The summed E-state index contributed by atoms with van der Waals surface area (Å²) in [4.78, 5) is 30.0. The molecule has 4 rings (SSSR count). The van der Waals surface area contributed by atoms with Crippen LogP contribution in [0.5, 0.6) is 5.75 Å². The number of halogens is 5. The number of hydrogen-bond acceptors (Lipinski definition) is 7. The number of nitriles is 1. The second-order valence-corrected chi connectivity index (χ2v) is 10.1. The molecule has 3 aromatic rings. The van der Waals surface area contributed by atoms with Crippen LogP contribution in [-0.4, -0.2) is 29.9 Å². The number of ether oxygens (including phenoxy) is 2. The monoisotopic (exact) mass is 625 g/mol. The minimum atomic E-state index is -5.01. The van der Waals surface area contributed by atoms with Crippen LogP contribution in [0.4, 0.5) is 13.2 Å². The van der Waals surface area contributed by atoms with E-state index in [1.807, 2.05) is 6.07 Å². The molecule has 1 atom stereocenters. The Morgan fingerprint density at radius 2 is 2.00 bits per heavy atom. The van der Waals surface area contributed by atoms with Gasteiger partial charge in [0.1, 0.15) is 11.8 Å². The van der Waals surface area contributed by atoms with Crippen molar-refractivity contribution in [1.82, 2.24) is 4.57 Å². The fourth-order valence-electron chi connectivity index (χ4n) is 3.82. The second-order valence-electron chi connectivity index (χ2n) is 7.74. The largest absolute Gasteiger partial charge is 0.478 e. The summed E-state index contributed by atoms with van der Waals surface area (Å²) in [5, 5.41) is 9.19. The van der Waals surface area contributed by atoms with Crippen LogP contribution in [0.2, 0.25) is 5.02 Å². The number of fused-ring (bicyclic) bond motifs is 1. The Balaban J connectivity index is 2.03. The van der Waals surface area contributed by atoms with E-state index >= 15 is 0 Å². The fourth-order valence-corrected chi connectivity index (χ4v) is 5.31. The number of carbonyl (C=O) groups excluding carboxylic acids is 1. The first-order chi connectivity index (χ1) is 18.0. The van der Waals surface area contributed by atoms with Gasteiger partial charge in [-0.25, -0.2) is 9.79 Å². The molecule has 196 valence electrons. The molecule has 0 saturated carbocycles. The van der Waals surface area contributed by atoms with E-state index in [2.05, 4.69) is 20.9 Å². The lowest BCUT2D eigenvalue weighted by molar-refractivity contribution is -0.140. The molecule has 1 aliphatic rings. The van der Waals surface area contributed by atoms with Crippen molar-refractivity contribution in [2.45, 2.75) is 19.1 Å². The molecule has 0 spiro atoms. The normalized spacial score (nSPS) is 15.5. The molecule has 0 bridgehead atoms. The number of rotatable bonds is 6. The van der Waals surface area contributed by atoms with Crippen LogP contribution in [0.1, 0.15) is 24.1 Å². The van der Waals surface area contributed by atoms with Gasteiger partial charge in [-0.05, 0) is 48.9 Å². The molecule has 0 amide bonds. The highest BCUT2D eigenvalue weighted by atomic mass is 79.9. The average Bonchev–Trinajstić information content (AvgIpc) is 3.17. The lowest BCUT2D eigenvalue weighted by Crippen LogP contribution is -2.41. The Bertz CT molecular complexity index is 1660. The van der Waals surface area contributed by atoms with Gasteiger partial charge in [-0.2, -0.15) is 18.4 Å². The first-order valence-corrected chi connectivity index (χ1v) is 12.9. The topological polar surface area (TPSA) is 93.7 Å². The maximum Gasteiger partial charge on any atom is 0.434 e. The molecule has 7 nitrogen and oxygen atoms in total. The van der Waals surface area contributed by atoms with E-state index in [1.165, 1.54) is 37.3 Å². The minimum Gasteiger partial charge on any atom is -0.478 e. The van der Waals surface area contributed by atoms with Gasteiger partial charge in [-0.1, -0.05) is 51.0 Å². The molecule has 1 aliphatic heterocycles. The third-order valence-electron chi connectivity index (χ3n) is 5.33. The van der Waals surface area contributed by atoms with Crippen LogP contribution in [0.3, 0.4) is 0 Å². The van der Waals surface area contributed by atoms with Crippen molar-refractivity contribution in [2.24, 2.45) is 4.99 Å². The first kappa shape index (κ1) is 27.6. The van der Waals surface area contributed by atoms with Gasteiger partial charge in [0.05, 0.1) is 22.8 Å². The zero-order valence-electron chi connectivity index (χ0n) is 19.4. The number of esters is 1. The number of hydrogen-bond donors (Lipinski definition) is 0. The third-order valence-corrected chi connectivity index (χ3v) is 7.06. The molecule has 38 heavy (non-hydrogen) atoms. The molecule has 0 unspecified atom stereocenters. The van der Waals surface area contributed by atoms with Crippen molar-refractivity contribution >= 4 is 50.9 Å².